The summed E-state index contributed by atoms with van der Waals surface area (Å²) >= 11 is 1.42. The first kappa shape index (κ1) is 20.5. The van der Waals surface area contributed by atoms with Gasteiger partial charge in [0.1, 0.15) is 0 Å². The van der Waals surface area contributed by atoms with Crippen LogP contribution in [0.25, 0.3) is 0 Å². The molecule has 0 bridgehead atoms. The van der Waals surface area contributed by atoms with Gasteiger partial charge in [0, 0.05) is 17.9 Å². The molecule has 1 rings (SSSR count). The van der Waals surface area contributed by atoms with Gasteiger partial charge >= 0.3 is 0 Å². The molecular formula is C17H28ClNOS. The van der Waals surface area contributed by atoms with Crippen molar-refractivity contribution in [2.24, 2.45) is 0 Å². The number of carbonyl (C=O) groups excluding carboxylic acids is 1. The van der Waals surface area contributed by atoms with E-state index in [2.05, 4.69) is 51.7 Å². The van der Waals surface area contributed by atoms with Crippen molar-refractivity contribution >= 4 is 29.3 Å². The van der Waals surface area contributed by atoms with Crippen LogP contribution in [0.3, 0.4) is 0 Å². The fraction of sp³-hybridized carbons (Fsp3) is 0.588. The van der Waals surface area contributed by atoms with Gasteiger partial charge in [-0.15, -0.1) is 12.4 Å². The molecule has 21 heavy (non-hydrogen) atoms. The average molecular weight is 330 g/mol. The highest BCUT2D eigenvalue weighted by Gasteiger charge is 2.14. The summed E-state index contributed by atoms with van der Waals surface area (Å²) in [5, 5.41) is 0.178. The van der Waals surface area contributed by atoms with Crippen LogP contribution in [-0.2, 0) is 5.41 Å². The van der Waals surface area contributed by atoms with E-state index in [0.717, 1.165) is 31.0 Å². The lowest BCUT2D eigenvalue weighted by Crippen LogP contribution is -2.25. The topological polar surface area (TPSA) is 20.3 Å². The van der Waals surface area contributed by atoms with Crippen LogP contribution in [-0.4, -0.2) is 35.4 Å². The monoisotopic (exact) mass is 329 g/mol. The molecule has 120 valence electrons. The SMILES string of the molecule is CCN(CC)CCSC(=O)c1ccc(C(C)(C)C)cc1.Cl. The van der Waals surface area contributed by atoms with E-state index in [1.165, 1.54) is 17.3 Å². The minimum Gasteiger partial charge on any atom is -0.303 e. The van der Waals surface area contributed by atoms with Crippen molar-refractivity contribution in [2.45, 2.75) is 40.0 Å². The molecule has 4 heteroatoms. The Morgan fingerprint density at radius 1 is 1.10 bits per heavy atom. The maximum atomic E-state index is 12.1. The quantitative estimate of drug-likeness (QED) is 0.759. The van der Waals surface area contributed by atoms with Crippen molar-refractivity contribution in [3.05, 3.63) is 35.4 Å². The van der Waals surface area contributed by atoms with E-state index in [1.807, 2.05) is 12.1 Å². The summed E-state index contributed by atoms with van der Waals surface area (Å²) in [6.45, 7) is 13.9. The minimum atomic E-state index is 0. The van der Waals surface area contributed by atoms with E-state index in [9.17, 15) is 4.79 Å². The Bertz CT molecular complexity index is 421. The average Bonchev–Trinajstić information content (AvgIpc) is 2.42. The van der Waals surface area contributed by atoms with Crippen LogP contribution < -0.4 is 0 Å². The molecule has 0 amide bonds. The number of rotatable bonds is 6. The Balaban J connectivity index is 0.00000400. The highest BCUT2D eigenvalue weighted by atomic mass is 35.5. The third kappa shape index (κ3) is 6.86. The molecule has 2 nitrogen and oxygen atoms in total. The molecule has 0 saturated carbocycles. The molecule has 0 spiro atoms. The Hall–Kier alpha value is -0.510. The summed E-state index contributed by atoms with van der Waals surface area (Å²) < 4.78 is 0. The molecule has 0 radical (unpaired) electrons. The Labute approximate surface area is 140 Å². The summed E-state index contributed by atoms with van der Waals surface area (Å²) in [6, 6.07) is 8.04. The van der Waals surface area contributed by atoms with E-state index in [-0.39, 0.29) is 22.9 Å². The second-order valence-electron chi connectivity index (χ2n) is 5.99. The lowest BCUT2D eigenvalue weighted by molar-refractivity contribution is 0.108. The lowest BCUT2D eigenvalue weighted by Gasteiger charge is -2.19. The zero-order valence-electron chi connectivity index (χ0n) is 13.8. The van der Waals surface area contributed by atoms with Gasteiger partial charge < -0.3 is 4.90 Å². The van der Waals surface area contributed by atoms with Gasteiger partial charge in [-0.25, -0.2) is 0 Å². The summed E-state index contributed by atoms with van der Waals surface area (Å²) in [5.41, 5.74) is 2.21. The number of benzene rings is 1. The van der Waals surface area contributed by atoms with Crippen LogP contribution in [0.4, 0.5) is 0 Å². The van der Waals surface area contributed by atoms with Crippen LogP contribution in [0.5, 0.6) is 0 Å². The van der Waals surface area contributed by atoms with Crippen LogP contribution in [0, 0.1) is 0 Å². The lowest BCUT2D eigenvalue weighted by atomic mass is 9.87. The second kappa shape index (κ2) is 9.50. The third-order valence-corrected chi connectivity index (χ3v) is 4.41. The van der Waals surface area contributed by atoms with Crippen molar-refractivity contribution < 1.29 is 4.79 Å². The zero-order chi connectivity index (χ0) is 15.2. The van der Waals surface area contributed by atoms with Gasteiger partial charge in [0.15, 0.2) is 0 Å². The van der Waals surface area contributed by atoms with Gasteiger partial charge in [-0.05, 0) is 24.1 Å². The fourth-order valence-corrected chi connectivity index (χ4v) is 2.83. The number of hydrogen-bond acceptors (Lipinski definition) is 3. The van der Waals surface area contributed by atoms with Gasteiger partial charge in [0.05, 0.1) is 0 Å². The number of thioether (sulfide) groups is 1. The van der Waals surface area contributed by atoms with Crippen molar-refractivity contribution in [2.75, 3.05) is 25.4 Å². The predicted molar refractivity (Wildman–Crippen MR) is 97.0 cm³/mol. The van der Waals surface area contributed by atoms with Crippen molar-refractivity contribution in [1.82, 2.24) is 4.90 Å². The molecule has 1 aromatic carbocycles. The molecule has 0 fully saturated rings. The highest BCUT2D eigenvalue weighted by Crippen LogP contribution is 2.23. The first-order chi connectivity index (χ1) is 9.38. The Morgan fingerprint density at radius 3 is 2.05 bits per heavy atom. The van der Waals surface area contributed by atoms with Crippen molar-refractivity contribution in [1.29, 1.82) is 0 Å². The van der Waals surface area contributed by atoms with Gasteiger partial charge in [-0.3, -0.25) is 4.79 Å². The third-order valence-electron chi connectivity index (χ3n) is 3.52. The van der Waals surface area contributed by atoms with Gasteiger partial charge in [0.2, 0.25) is 5.12 Å². The number of hydrogen-bond donors (Lipinski definition) is 0. The molecule has 0 atom stereocenters. The molecule has 1 aromatic rings. The highest BCUT2D eigenvalue weighted by molar-refractivity contribution is 8.14. The molecule has 0 aliphatic heterocycles. The number of nitrogens with zero attached hydrogens (tertiary/aromatic N) is 1. The molecule has 0 N–H and O–H groups in total. The summed E-state index contributed by atoms with van der Waals surface area (Å²) in [4.78, 5) is 14.4. The van der Waals surface area contributed by atoms with E-state index in [4.69, 9.17) is 0 Å². The van der Waals surface area contributed by atoms with Crippen LogP contribution in [0.2, 0.25) is 0 Å². The van der Waals surface area contributed by atoms with Gasteiger partial charge in [0.25, 0.3) is 0 Å². The molecular weight excluding hydrogens is 302 g/mol. The number of halogens is 1. The fourth-order valence-electron chi connectivity index (χ4n) is 2.00. The summed E-state index contributed by atoms with van der Waals surface area (Å²) in [5.74, 6) is 0.863. The van der Waals surface area contributed by atoms with Crippen LogP contribution >= 0.6 is 24.2 Å². The Morgan fingerprint density at radius 2 is 1.62 bits per heavy atom. The predicted octanol–water partition coefficient (Wildman–Crippen LogP) is 4.62. The summed E-state index contributed by atoms with van der Waals surface area (Å²) in [7, 11) is 0. The maximum absolute atomic E-state index is 12.1. The first-order valence-corrected chi connectivity index (χ1v) is 8.37. The van der Waals surface area contributed by atoms with E-state index in [1.54, 1.807) is 0 Å². The largest absolute Gasteiger partial charge is 0.303 e. The van der Waals surface area contributed by atoms with Gasteiger partial charge in [-0.2, -0.15) is 0 Å². The first-order valence-electron chi connectivity index (χ1n) is 7.38. The molecule has 0 heterocycles. The van der Waals surface area contributed by atoms with E-state index >= 15 is 0 Å². The second-order valence-corrected chi connectivity index (χ2v) is 7.06. The summed E-state index contributed by atoms with van der Waals surface area (Å²) in [6.07, 6.45) is 0. The molecule has 0 aromatic heterocycles. The Kier molecular flexibility index (Phi) is 9.26. The smallest absolute Gasteiger partial charge is 0.219 e. The minimum absolute atomic E-state index is 0. The van der Waals surface area contributed by atoms with Crippen LogP contribution in [0.1, 0.15) is 50.5 Å². The molecule has 0 saturated heterocycles. The van der Waals surface area contributed by atoms with Crippen LogP contribution in [0.15, 0.2) is 24.3 Å². The number of carbonyl (C=O) groups is 1. The van der Waals surface area contributed by atoms with E-state index < -0.39 is 0 Å². The van der Waals surface area contributed by atoms with Crippen molar-refractivity contribution in [3.63, 3.8) is 0 Å². The molecule has 0 aliphatic rings. The standard InChI is InChI=1S/C17H27NOS.ClH/c1-6-18(7-2)12-13-20-16(19)14-8-10-15(11-9-14)17(3,4)5;/h8-11H,6-7,12-13H2,1-5H3;1H. The van der Waals surface area contributed by atoms with Crippen molar-refractivity contribution in [3.8, 4) is 0 Å². The van der Waals surface area contributed by atoms with E-state index in [0.29, 0.717) is 0 Å². The zero-order valence-corrected chi connectivity index (χ0v) is 15.4. The molecule has 0 aliphatic carbocycles. The maximum Gasteiger partial charge on any atom is 0.219 e. The molecule has 0 unspecified atom stereocenters. The normalized spacial score (nSPS) is 11.3. The van der Waals surface area contributed by atoms with Gasteiger partial charge in [-0.1, -0.05) is 70.6 Å².